The Bertz CT molecular complexity index is 750. The zero-order valence-electron chi connectivity index (χ0n) is 14.5. The summed E-state index contributed by atoms with van der Waals surface area (Å²) in [4.78, 5) is 26.1. The molecule has 1 aliphatic heterocycles. The standard InChI is InChI=1S/C18H24N4O3/c1-19-6-4-17(23)20-15-2-3-16-14(12-15)5-7-22(16)13-18(24)21-8-10-25-11-9-21/h2-3,5,7,12,19H,4,6,8-11,13H2,1H3,(H,20,23). The second-order valence-corrected chi connectivity index (χ2v) is 6.11. The molecule has 2 N–H and O–H groups in total. The van der Waals surface area contributed by atoms with Crippen molar-refractivity contribution >= 4 is 28.4 Å². The Labute approximate surface area is 146 Å². The highest BCUT2D eigenvalue weighted by Gasteiger charge is 2.17. The lowest BCUT2D eigenvalue weighted by atomic mass is 10.2. The lowest BCUT2D eigenvalue weighted by molar-refractivity contribution is -0.135. The van der Waals surface area contributed by atoms with Crippen molar-refractivity contribution in [2.75, 3.05) is 45.2 Å². The lowest BCUT2D eigenvalue weighted by Crippen LogP contribution is -2.42. The molecule has 0 atom stereocenters. The number of hydrogen-bond acceptors (Lipinski definition) is 4. The van der Waals surface area contributed by atoms with Crippen LogP contribution in [-0.2, 0) is 20.9 Å². The van der Waals surface area contributed by atoms with Crippen molar-refractivity contribution < 1.29 is 14.3 Å². The second-order valence-electron chi connectivity index (χ2n) is 6.11. The van der Waals surface area contributed by atoms with Gasteiger partial charge in [0.1, 0.15) is 6.54 Å². The molecule has 0 aliphatic carbocycles. The van der Waals surface area contributed by atoms with Crippen molar-refractivity contribution in [3.63, 3.8) is 0 Å². The first-order chi connectivity index (χ1) is 12.2. The molecule has 2 amide bonds. The quantitative estimate of drug-likeness (QED) is 0.821. The number of benzene rings is 1. The molecule has 7 heteroatoms. The first-order valence-corrected chi connectivity index (χ1v) is 8.56. The third-order valence-corrected chi connectivity index (χ3v) is 4.33. The van der Waals surface area contributed by atoms with Gasteiger partial charge in [-0.3, -0.25) is 9.59 Å². The maximum atomic E-state index is 12.4. The Morgan fingerprint density at radius 1 is 1.20 bits per heavy atom. The minimum Gasteiger partial charge on any atom is -0.378 e. The summed E-state index contributed by atoms with van der Waals surface area (Å²) in [5.41, 5.74) is 1.75. The fourth-order valence-corrected chi connectivity index (χ4v) is 2.94. The number of nitrogens with zero attached hydrogens (tertiary/aromatic N) is 2. The molecule has 0 saturated carbocycles. The number of carbonyl (C=O) groups excluding carboxylic acids is 2. The second kappa shape index (κ2) is 8.13. The molecular weight excluding hydrogens is 320 g/mol. The summed E-state index contributed by atoms with van der Waals surface area (Å²) in [6.07, 6.45) is 2.35. The first-order valence-electron chi connectivity index (χ1n) is 8.56. The van der Waals surface area contributed by atoms with Gasteiger partial charge in [0.25, 0.3) is 0 Å². The van der Waals surface area contributed by atoms with Crippen molar-refractivity contribution in [1.29, 1.82) is 0 Å². The summed E-state index contributed by atoms with van der Waals surface area (Å²) in [6.45, 7) is 3.48. The Morgan fingerprint density at radius 2 is 2.00 bits per heavy atom. The zero-order chi connectivity index (χ0) is 17.6. The van der Waals surface area contributed by atoms with E-state index in [1.807, 2.05) is 47.0 Å². The highest BCUT2D eigenvalue weighted by atomic mass is 16.5. The van der Waals surface area contributed by atoms with Crippen LogP contribution in [0, 0.1) is 0 Å². The molecule has 1 aromatic carbocycles. The van der Waals surface area contributed by atoms with Crippen LogP contribution in [0.3, 0.4) is 0 Å². The van der Waals surface area contributed by atoms with E-state index in [1.165, 1.54) is 0 Å². The van der Waals surface area contributed by atoms with E-state index in [1.54, 1.807) is 0 Å². The van der Waals surface area contributed by atoms with Crippen molar-refractivity contribution in [3.05, 3.63) is 30.5 Å². The van der Waals surface area contributed by atoms with Crippen molar-refractivity contribution in [1.82, 2.24) is 14.8 Å². The number of nitrogens with one attached hydrogen (secondary N) is 2. The molecule has 2 aromatic rings. The van der Waals surface area contributed by atoms with Crippen LogP contribution in [0.15, 0.2) is 30.5 Å². The smallest absolute Gasteiger partial charge is 0.242 e. The van der Waals surface area contributed by atoms with Gasteiger partial charge in [0.15, 0.2) is 0 Å². The minimum absolute atomic E-state index is 0.0179. The molecule has 7 nitrogen and oxygen atoms in total. The van der Waals surface area contributed by atoms with Crippen LogP contribution in [0.2, 0.25) is 0 Å². The predicted octanol–water partition coefficient (Wildman–Crippen LogP) is 1.05. The largest absolute Gasteiger partial charge is 0.378 e. The predicted molar refractivity (Wildman–Crippen MR) is 96.5 cm³/mol. The van der Waals surface area contributed by atoms with Crippen LogP contribution in [0.25, 0.3) is 10.9 Å². The van der Waals surface area contributed by atoms with Crippen molar-refractivity contribution in [2.45, 2.75) is 13.0 Å². The average Bonchev–Trinajstić information content (AvgIpc) is 3.02. The van der Waals surface area contributed by atoms with Crippen molar-refractivity contribution in [3.8, 4) is 0 Å². The van der Waals surface area contributed by atoms with Gasteiger partial charge in [-0.05, 0) is 31.3 Å². The fraction of sp³-hybridized carbons (Fsp3) is 0.444. The minimum atomic E-state index is -0.0179. The maximum Gasteiger partial charge on any atom is 0.242 e. The van der Waals surface area contributed by atoms with Gasteiger partial charge >= 0.3 is 0 Å². The molecular formula is C18H24N4O3. The van der Waals surface area contributed by atoms with E-state index < -0.39 is 0 Å². The molecule has 0 spiro atoms. The van der Waals surface area contributed by atoms with Gasteiger partial charge in [-0.1, -0.05) is 0 Å². The molecule has 25 heavy (non-hydrogen) atoms. The van der Waals surface area contributed by atoms with Gasteiger partial charge in [0.2, 0.25) is 11.8 Å². The highest BCUT2D eigenvalue weighted by Crippen LogP contribution is 2.21. The normalized spacial score (nSPS) is 14.7. The molecule has 1 fully saturated rings. The molecule has 134 valence electrons. The monoisotopic (exact) mass is 344 g/mol. The van der Waals surface area contributed by atoms with Crippen LogP contribution < -0.4 is 10.6 Å². The SMILES string of the molecule is CNCCC(=O)Nc1ccc2c(ccn2CC(=O)N2CCOCC2)c1. The Kier molecular flexibility index (Phi) is 5.67. The topological polar surface area (TPSA) is 75.6 Å². The van der Waals surface area contributed by atoms with Gasteiger partial charge in [-0.25, -0.2) is 0 Å². The molecule has 0 radical (unpaired) electrons. The Morgan fingerprint density at radius 3 is 2.76 bits per heavy atom. The molecule has 1 aromatic heterocycles. The molecule has 0 bridgehead atoms. The van der Waals surface area contributed by atoms with E-state index in [9.17, 15) is 9.59 Å². The van der Waals surface area contributed by atoms with Crippen LogP contribution in [0.4, 0.5) is 5.69 Å². The zero-order valence-corrected chi connectivity index (χ0v) is 14.5. The number of rotatable bonds is 6. The van der Waals surface area contributed by atoms with Crippen LogP contribution >= 0.6 is 0 Å². The summed E-state index contributed by atoms with van der Waals surface area (Å²) in [7, 11) is 1.82. The number of fused-ring (bicyclic) bond motifs is 1. The molecule has 0 unspecified atom stereocenters. The molecule has 3 rings (SSSR count). The number of ether oxygens (including phenoxy) is 1. The van der Waals surface area contributed by atoms with Crippen LogP contribution in [-0.4, -0.2) is 61.2 Å². The Hall–Kier alpha value is -2.38. The van der Waals surface area contributed by atoms with Crippen LogP contribution in [0.1, 0.15) is 6.42 Å². The summed E-state index contributed by atoms with van der Waals surface area (Å²) in [6, 6.07) is 7.71. The van der Waals surface area contributed by atoms with Gasteiger partial charge in [0.05, 0.1) is 13.2 Å². The molecule has 1 aliphatic rings. The maximum absolute atomic E-state index is 12.4. The van der Waals surface area contributed by atoms with E-state index in [2.05, 4.69) is 10.6 Å². The summed E-state index contributed by atoms with van der Waals surface area (Å²) < 4.78 is 7.23. The number of carbonyl (C=O) groups is 2. The van der Waals surface area contributed by atoms with Crippen LogP contribution in [0.5, 0.6) is 0 Å². The van der Waals surface area contributed by atoms with E-state index in [0.29, 0.717) is 45.8 Å². The Balaban J connectivity index is 1.67. The average molecular weight is 344 g/mol. The highest BCUT2D eigenvalue weighted by molar-refractivity contribution is 5.94. The fourth-order valence-electron chi connectivity index (χ4n) is 2.94. The van der Waals surface area contributed by atoms with E-state index >= 15 is 0 Å². The van der Waals surface area contributed by atoms with Gasteiger partial charge in [0, 0.05) is 48.8 Å². The number of anilines is 1. The number of morpholine rings is 1. The molecule has 1 saturated heterocycles. The van der Waals surface area contributed by atoms with Gasteiger partial charge in [-0.2, -0.15) is 0 Å². The van der Waals surface area contributed by atoms with E-state index in [-0.39, 0.29) is 11.8 Å². The van der Waals surface area contributed by atoms with Gasteiger partial charge in [-0.15, -0.1) is 0 Å². The van der Waals surface area contributed by atoms with Crippen molar-refractivity contribution in [2.24, 2.45) is 0 Å². The summed E-state index contributed by atoms with van der Waals surface area (Å²) in [5.74, 6) is 0.0841. The third-order valence-electron chi connectivity index (χ3n) is 4.33. The van der Waals surface area contributed by atoms with E-state index in [4.69, 9.17) is 4.74 Å². The van der Waals surface area contributed by atoms with Gasteiger partial charge < -0.3 is 24.8 Å². The van der Waals surface area contributed by atoms with E-state index in [0.717, 1.165) is 16.6 Å². The number of hydrogen-bond donors (Lipinski definition) is 2. The first kappa shape index (κ1) is 17.4. The third kappa shape index (κ3) is 4.37. The molecule has 2 heterocycles. The lowest BCUT2D eigenvalue weighted by Gasteiger charge is -2.27. The number of amides is 2. The number of aromatic nitrogens is 1. The summed E-state index contributed by atoms with van der Waals surface area (Å²) in [5, 5.41) is 6.85. The summed E-state index contributed by atoms with van der Waals surface area (Å²) >= 11 is 0.